The summed E-state index contributed by atoms with van der Waals surface area (Å²) >= 11 is 7.72. The number of benzene rings is 1. The molecule has 1 aliphatic rings. The van der Waals surface area contributed by atoms with Crippen LogP contribution < -0.4 is 0 Å². The number of amides is 1. The zero-order valence-electron chi connectivity index (χ0n) is 10.9. The molecule has 1 amide bonds. The minimum Gasteiger partial charge on any atom is -0.394 e. The summed E-state index contributed by atoms with van der Waals surface area (Å²) in [6.45, 7) is 0.718. The van der Waals surface area contributed by atoms with Gasteiger partial charge in [-0.2, -0.15) is 0 Å². The first-order valence-electron chi connectivity index (χ1n) is 6.42. The van der Waals surface area contributed by atoms with Gasteiger partial charge in [0.05, 0.1) is 23.2 Å². The third-order valence-corrected chi connectivity index (χ3v) is 4.56. The quantitative estimate of drug-likeness (QED) is 0.872. The molecule has 1 heterocycles. The Labute approximate surface area is 122 Å². The first-order valence-corrected chi connectivity index (χ1v) is 8.03. The number of nitrogens with zero attached hydrogens (tertiary/aromatic N) is 1. The van der Waals surface area contributed by atoms with Crippen LogP contribution in [0.3, 0.4) is 0 Å². The molecule has 1 N–H and O–H groups in total. The Balaban J connectivity index is 2.27. The van der Waals surface area contributed by atoms with Gasteiger partial charge in [-0.15, -0.1) is 11.8 Å². The standard InChI is InChI=1S/C14H18ClNO2S/c1-19-11-5-6-13(15)12(8-11)14(18)16-7-3-2-4-10(16)9-17/h5-6,8,10,17H,2-4,7,9H2,1H3. The van der Waals surface area contributed by atoms with Gasteiger partial charge in [0.2, 0.25) is 0 Å². The van der Waals surface area contributed by atoms with Gasteiger partial charge in [0.1, 0.15) is 0 Å². The topological polar surface area (TPSA) is 40.5 Å². The molecule has 0 aliphatic carbocycles. The second kappa shape index (κ2) is 6.64. The van der Waals surface area contributed by atoms with Crippen molar-refractivity contribution in [1.82, 2.24) is 4.90 Å². The van der Waals surface area contributed by atoms with Crippen LogP contribution in [0.2, 0.25) is 5.02 Å². The van der Waals surface area contributed by atoms with Crippen LogP contribution >= 0.6 is 23.4 Å². The normalized spacial score (nSPS) is 19.5. The number of hydrogen-bond acceptors (Lipinski definition) is 3. The summed E-state index contributed by atoms with van der Waals surface area (Å²) in [6, 6.07) is 5.43. The number of carbonyl (C=O) groups is 1. The summed E-state index contributed by atoms with van der Waals surface area (Å²) in [7, 11) is 0. The van der Waals surface area contributed by atoms with Crippen LogP contribution in [0.15, 0.2) is 23.1 Å². The monoisotopic (exact) mass is 299 g/mol. The molecule has 1 fully saturated rings. The first kappa shape index (κ1) is 14.7. The van der Waals surface area contributed by atoms with Gasteiger partial charge in [-0.3, -0.25) is 4.79 Å². The van der Waals surface area contributed by atoms with Gasteiger partial charge >= 0.3 is 0 Å². The Morgan fingerprint density at radius 1 is 1.53 bits per heavy atom. The molecule has 2 rings (SSSR count). The number of halogens is 1. The smallest absolute Gasteiger partial charge is 0.255 e. The van der Waals surface area contributed by atoms with Crippen LogP contribution in [-0.2, 0) is 0 Å². The number of aliphatic hydroxyl groups excluding tert-OH is 1. The number of aliphatic hydroxyl groups is 1. The molecular formula is C14H18ClNO2S. The Bertz CT molecular complexity index is 467. The molecule has 0 bridgehead atoms. The highest BCUT2D eigenvalue weighted by molar-refractivity contribution is 7.98. The van der Waals surface area contributed by atoms with Crippen molar-refractivity contribution in [3.8, 4) is 0 Å². The molecule has 1 saturated heterocycles. The van der Waals surface area contributed by atoms with Crippen LogP contribution in [-0.4, -0.2) is 41.4 Å². The van der Waals surface area contributed by atoms with Gasteiger partial charge in [0, 0.05) is 11.4 Å². The predicted octanol–water partition coefficient (Wildman–Crippen LogP) is 3.05. The van der Waals surface area contributed by atoms with Crippen LogP contribution in [0.5, 0.6) is 0 Å². The van der Waals surface area contributed by atoms with E-state index in [4.69, 9.17) is 11.6 Å². The van der Waals surface area contributed by atoms with Crippen molar-refractivity contribution in [2.75, 3.05) is 19.4 Å². The molecule has 1 aromatic carbocycles. The molecule has 104 valence electrons. The number of likely N-dealkylation sites (tertiary alicyclic amines) is 1. The second-order valence-corrected chi connectivity index (χ2v) is 5.96. The van der Waals surface area contributed by atoms with Crippen molar-refractivity contribution < 1.29 is 9.90 Å². The molecule has 3 nitrogen and oxygen atoms in total. The SMILES string of the molecule is CSc1ccc(Cl)c(C(=O)N2CCCCC2CO)c1. The number of piperidine rings is 1. The fraction of sp³-hybridized carbons (Fsp3) is 0.500. The molecule has 1 unspecified atom stereocenters. The highest BCUT2D eigenvalue weighted by Gasteiger charge is 2.28. The van der Waals surface area contributed by atoms with Gasteiger partial charge in [0.15, 0.2) is 0 Å². The van der Waals surface area contributed by atoms with Crippen molar-refractivity contribution in [1.29, 1.82) is 0 Å². The maximum Gasteiger partial charge on any atom is 0.255 e. The van der Waals surface area contributed by atoms with Crippen molar-refractivity contribution in [3.05, 3.63) is 28.8 Å². The lowest BCUT2D eigenvalue weighted by molar-refractivity contribution is 0.0503. The molecule has 0 radical (unpaired) electrons. The summed E-state index contributed by atoms with van der Waals surface area (Å²) in [5, 5.41) is 9.87. The zero-order chi connectivity index (χ0) is 13.8. The zero-order valence-corrected chi connectivity index (χ0v) is 12.5. The third-order valence-electron chi connectivity index (χ3n) is 3.50. The van der Waals surface area contributed by atoms with Gasteiger partial charge in [-0.25, -0.2) is 0 Å². The summed E-state index contributed by atoms with van der Waals surface area (Å²) in [6.07, 6.45) is 4.88. The number of thioether (sulfide) groups is 1. The van der Waals surface area contributed by atoms with E-state index in [0.29, 0.717) is 17.1 Å². The molecule has 0 saturated carbocycles. The minimum absolute atomic E-state index is 0.0194. The lowest BCUT2D eigenvalue weighted by Crippen LogP contribution is -2.45. The van der Waals surface area contributed by atoms with Crippen LogP contribution in [0, 0.1) is 0 Å². The Morgan fingerprint density at radius 3 is 3.00 bits per heavy atom. The van der Waals surface area contributed by atoms with E-state index in [1.54, 1.807) is 22.7 Å². The predicted molar refractivity (Wildman–Crippen MR) is 79.0 cm³/mol. The molecule has 1 atom stereocenters. The van der Waals surface area contributed by atoms with E-state index < -0.39 is 0 Å². The van der Waals surface area contributed by atoms with Crippen molar-refractivity contribution in [2.24, 2.45) is 0 Å². The third kappa shape index (κ3) is 3.25. The summed E-state index contributed by atoms with van der Waals surface area (Å²) < 4.78 is 0. The molecule has 0 aromatic heterocycles. The maximum atomic E-state index is 12.6. The summed E-state index contributed by atoms with van der Waals surface area (Å²) in [5.41, 5.74) is 0.536. The van der Waals surface area contributed by atoms with Crippen molar-refractivity contribution in [3.63, 3.8) is 0 Å². The molecule has 0 spiro atoms. The molecule has 19 heavy (non-hydrogen) atoms. The molecular weight excluding hydrogens is 282 g/mol. The van der Waals surface area contributed by atoms with Crippen LogP contribution in [0.4, 0.5) is 0 Å². The van der Waals surface area contributed by atoms with Crippen LogP contribution in [0.1, 0.15) is 29.6 Å². The van der Waals surface area contributed by atoms with E-state index in [0.717, 1.165) is 24.2 Å². The Morgan fingerprint density at radius 2 is 2.32 bits per heavy atom. The highest BCUT2D eigenvalue weighted by Crippen LogP contribution is 2.26. The number of rotatable bonds is 3. The van der Waals surface area contributed by atoms with Crippen molar-refractivity contribution in [2.45, 2.75) is 30.2 Å². The highest BCUT2D eigenvalue weighted by atomic mass is 35.5. The van der Waals surface area contributed by atoms with Crippen LogP contribution in [0.25, 0.3) is 0 Å². The van der Waals surface area contributed by atoms with E-state index in [2.05, 4.69) is 0 Å². The Hall–Kier alpha value is -0.710. The molecule has 1 aromatic rings. The van der Waals surface area contributed by atoms with E-state index in [-0.39, 0.29) is 18.6 Å². The van der Waals surface area contributed by atoms with Crippen molar-refractivity contribution >= 4 is 29.3 Å². The lowest BCUT2D eigenvalue weighted by Gasteiger charge is -2.34. The van der Waals surface area contributed by atoms with Gasteiger partial charge in [-0.1, -0.05) is 11.6 Å². The minimum atomic E-state index is -0.0738. The first-order chi connectivity index (χ1) is 9.17. The summed E-state index contributed by atoms with van der Waals surface area (Å²) in [5.74, 6) is -0.0698. The second-order valence-electron chi connectivity index (χ2n) is 4.68. The largest absolute Gasteiger partial charge is 0.394 e. The van der Waals surface area contributed by atoms with Gasteiger partial charge < -0.3 is 10.0 Å². The molecule has 5 heteroatoms. The lowest BCUT2D eigenvalue weighted by atomic mass is 10.0. The molecule has 1 aliphatic heterocycles. The van der Waals surface area contributed by atoms with E-state index in [1.165, 1.54) is 0 Å². The average Bonchev–Trinajstić information content (AvgIpc) is 2.47. The van der Waals surface area contributed by atoms with E-state index in [9.17, 15) is 9.90 Å². The van der Waals surface area contributed by atoms with E-state index >= 15 is 0 Å². The number of hydrogen-bond donors (Lipinski definition) is 1. The van der Waals surface area contributed by atoms with Gasteiger partial charge in [0.25, 0.3) is 5.91 Å². The van der Waals surface area contributed by atoms with E-state index in [1.807, 2.05) is 18.4 Å². The average molecular weight is 300 g/mol. The fourth-order valence-electron chi connectivity index (χ4n) is 2.41. The fourth-order valence-corrected chi connectivity index (χ4v) is 3.05. The Kier molecular flexibility index (Phi) is 5.13. The maximum absolute atomic E-state index is 12.6. The number of carbonyl (C=O) groups excluding carboxylic acids is 1. The van der Waals surface area contributed by atoms with Gasteiger partial charge in [-0.05, 0) is 43.7 Å². The summed E-state index contributed by atoms with van der Waals surface area (Å²) in [4.78, 5) is 15.4.